The number of carbonyl (C=O) groups is 1. The summed E-state index contributed by atoms with van der Waals surface area (Å²) in [5.74, 6) is -1.02. The predicted molar refractivity (Wildman–Crippen MR) is 124 cm³/mol. The Kier molecular flexibility index (Phi) is 7.45. The largest absolute Gasteiger partial charge is 0.459 e. The van der Waals surface area contributed by atoms with E-state index in [1.165, 1.54) is 31.2 Å². The van der Waals surface area contributed by atoms with Gasteiger partial charge in [0.15, 0.2) is 5.54 Å². The molecule has 0 saturated heterocycles. The lowest BCUT2D eigenvalue weighted by Gasteiger charge is -2.33. The first-order valence-electron chi connectivity index (χ1n) is 10.3. The molecule has 2 atom stereocenters. The lowest BCUT2D eigenvalue weighted by molar-refractivity contribution is -0.384. The number of nitro groups is 1. The number of benzene rings is 3. The molecule has 0 spiro atoms. The van der Waals surface area contributed by atoms with E-state index in [-0.39, 0.29) is 22.8 Å². The van der Waals surface area contributed by atoms with Gasteiger partial charge in [-0.25, -0.2) is 13.2 Å². The first-order chi connectivity index (χ1) is 16.0. The number of nitro benzene ring substituents is 1. The van der Waals surface area contributed by atoms with Crippen LogP contribution in [0.1, 0.15) is 29.7 Å². The maximum Gasteiger partial charge on any atom is 0.330 e. The van der Waals surface area contributed by atoms with Crippen LogP contribution >= 0.6 is 0 Å². The topological polar surface area (TPSA) is 136 Å². The van der Waals surface area contributed by atoms with E-state index in [0.717, 1.165) is 17.7 Å². The second-order valence-electron chi connectivity index (χ2n) is 7.93. The molecule has 10 heteroatoms. The molecular weight excluding hydrogens is 460 g/mol. The maximum atomic E-state index is 13.2. The first-order valence-corrected chi connectivity index (χ1v) is 11.8. The molecule has 2 N–H and O–H groups in total. The number of ether oxygens (including phenoxy) is 1. The summed E-state index contributed by atoms with van der Waals surface area (Å²) in [6, 6.07) is 19.6. The van der Waals surface area contributed by atoms with Crippen LogP contribution in [0, 0.1) is 17.0 Å². The normalized spacial score (nSPS) is 14.1. The Morgan fingerprint density at radius 1 is 1.06 bits per heavy atom. The standard InChI is InChI=1S/C24H24N2O7S/c1-17-8-14-21(15-9-17)34(31,32)25-24(2,23(28)33-16-18-6-4-3-5-7-18)22(27)19-10-12-20(13-11-19)26(29)30/h3-15,22,25,27H,16H2,1-2H3/t22-,24+/m1/s1. The van der Waals surface area contributed by atoms with Crippen LogP contribution in [0.3, 0.4) is 0 Å². The van der Waals surface area contributed by atoms with E-state index in [9.17, 15) is 28.4 Å². The van der Waals surface area contributed by atoms with Gasteiger partial charge < -0.3 is 9.84 Å². The van der Waals surface area contributed by atoms with Crippen molar-refractivity contribution in [3.05, 3.63) is 106 Å². The third-order valence-electron chi connectivity index (χ3n) is 5.28. The number of hydrogen-bond acceptors (Lipinski definition) is 7. The summed E-state index contributed by atoms with van der Waals surface area (Å²) in [5, 5.41) is 22.0. The summed E-state index contributed by atoms with van der Waals surface area (Å²) in [6.45, 7) is 2.86. The molecule has 34 heavy (non-hydrogen) atoms. The van der Waals surface area contributed by atoms with Crippen molar-refractivity contribution in [1.29, 1.82) is 0 Å². The molecule has 0 aliphatic heterocycles. The summed E-state index contributed by atoms with van der Waals surface area (Å²) in [5.41, 5.74) is -0.755. The number of nitrogens with zero attached hydrogens (tertiary/aromatic N) is 1. The molecule has 9 nitrogen and oxygen atoms in total. The van der Waals surface area contributed by atoms with Gasteiger partial charge in [-0.15, -0.1) is 0 Å². The molecule has 3 aromatic carbocycles. The molecule has 0 radical (unpaired) electrons. The molecule has 3 aromatic rings. The van der Waals surface area contributed by atoms with Gasteiger partial charge in [0.1, 0.15) is 12.7 Å². The lowest BCUT2D eigenvalue weighted by Crippen LogP contribution is -2.56. The van der Waals surface area contributed by atoms with Gasteiger partial charge in [0.25, 0.3) is 5.69 Å². The SMILES string of the molecule is Cc1ccc(S(=O)(=O)N[C@](C)(C(=O)OCc2ccccc2)[C@H](O)c2ccc([N+](=O)[O-])cc2)cc1. The van der Waals surface area contributed by atoms with Crippen LogP contribution in [0.4, 0.5) is 5.69 Å². The molecule has 0 aliphatic rings. The Hall–Kier alpha value is -3.60. The maximum absolute atomic E-state index is 13.2. The van der Waals surface area contributed by atoms with E-state index >= 15 is 0 Å². The average molecular weight is 485 g/mol. The second kappa shape index (κ2) is 10.1. The highest BCUT2D eigenvalue weighted by Gasteiger charge is 2.46. The van der Waals surface area contributed by atoms with Crippen molar-refractivity contribution in [2.24, 2.45) is 0 Å². The van der Waals surface area contributed by atoms with Crippen LogP contribution in [0.2, 0.25) is 0 Å². The Morgan fingerprint density at radius 2 is 1.65 bits per heavy atom. The number of rotatable bonds is 9. The summed E-state index contributed by atoms with van der Waals surface area (Å²) < 4.78 is 33.9. The number of aliphatic hydroxyl groups is 1. The molecular formula is C24H24N2O7S. The Bertz CT molecular complexity index is 1260. The zero-order valence-corrected chi connectivity index (χ0v) is 19.4. The smallest absolute Gasteiger partial charge is 0.330 e. The number of nitrogens with one attached hydrogen (secondary N) is 1. The number of non-ortho nitro benzene ring substituents is 1. The molecule has 3 rings (SSSR count). The zero-order chi connectivity index (χ0) is 24.9. The number of carbonyl (C=O) groups excluding carboxylic acids is 1. The van der Waals surface area contributed by atoms with Gasteiger partial charge in [0.2, 0.25) is 10.0 Å². The number of aliphatic hydroxyl groups excluding tert-OH is 1. The van der Waals surface area contributed by atoms with Crippen LogP contribution in [0.25, 0.3) is 0 Å². The van der Waals surface area contributed by atoms with Crippen molar-refractivity contribution < 1.29 is 28.0 Å². The van der Waals surface area contributed by atoms with Gasteiger partial charge in [-0.2, -0.15) is 4.72 Å². The fraction of sp³-hybridized carbons (Fsp3) is 0.208. The molecule has 178 valence electrons. The monoisotopic (exact) mass is 484 g/mol. The molecule has 0 unspecified atom stereocenters. The predicted octanol–water partition coefficient (Wildman–Crippen LogP) is 3.42. The number of aryl methyl sites for hydroxylation is 1. The van der Waals surface area contributed by atoms with E-state index < -0.39 is 32.6 Å². The van der Waals surface area contributed by atoms with Crippen LogP contribution in [0.5, 0.6) is 0 Å². The third-order valence-corrected chi connectivity index (χ3v) is 6.87. The van der Waals surface area contributed by atoms with Crippen LogP contribution < -0.4 is 4.72 Å². The fourth-order valence-corrected chi connectivity index (χ4v) is 4.61. The van der Waals surface area contributed by atoms with Gasteiger partial charge in [-0.3, -0.25) is 10.1 Å². The highest BCUT2D eigenvalue weighted by molar-refractivity contribution is 7.89. The molecule has 0 aliphatic carbocycles. The van der Waals surface area contributed by atoms with Crippen molar-refractivity contribution in [2.45, 2.75) is 37.0 Å². The average Bonchev–Trinajstić information content (AvgIpc) is 2.82. The number of esters is 1. The Morgan fingerprint density at radius 3 is 2.21 bits per heavy atom. The Balaban J connectivity index is 1.96. The summed E-state index contributed by atoms with van der Waals surface area (Å²) >= 11 is 0. The van der Waals surface area contributed by atoms with Gasteiger partial charge >= 0.3 is 5.97 Å². The van der Waals surface area contributed by atoms with Gasteiger partial charge in [0.05, 0.1) is 9.82 Å². The van der Waals surface area contributed by atoms with Crippen LogP contribution in [-0.4, -0.2) is 30.0 Å². The third kappa shape index (κ3) is 5.66. The van der Waals surface area contributed by atoms with Crippen LogP contribution in [-0.2, 0) is 26.2 Å². The highest BCUT2D eigenvalue weighted by Crippen LogP contribution is 2.31. The van der Waals surface area contributed by atoms with E-state index in [4.69, 9.17) is 4.74 Å². The van der Waals surface area contributed by atoms with Gasteiger partial charge in [0, 0.05) is 12.1 Å². The number of hydrogen-bond donors (Lipinski definition) is 2. The van der Waals surface area contributed by atoms with Crippen LogP contribution in [0.15, 0.2) is 83.8 Å². The molecule has 0 heterocycles. The first kappa shape index (κ1) is 25.0. The minimum absolute atomic E-state index is 0.0939. The highest BCUT2D eigenvalue weighted by atomic mass is 32.2. The molecule has 0 amide bonds. The van der Waals surface area contributed by atoms with Crippen molar-refractivity contribution in [3.63, 3.8) is 0 Å². The quantitative estimate of drug-likeness (QED) is 0.270. The fourth-order valence-electron chi connectivity index (χ4n) is 3.25. The molecule has 0 aromatic heterocycles. The summed E-state index contributed by atoms with van der Waals surface area (Å²) in [6.07, 6.45) is -1.71. The summed E-state index contributed by atoms with van der Waals surface area (Å²) in [7, 11) is -4.26. The lowest BCUT2D eigenvalue weighted by atomic mass is 9.90. The van der Waals surface area contributed by atoms with E-state index in [2.05, 4.69) is 4.72 Å². The number of sulfonamides is 1. The van der Waals surface area contributed by atoms with Gasteiger partial charge in [-0.05, 0) is 49.2 Å². The molecule has 0 fully saturated rings. The molecule has 0 bridgehead atoms. The molecule has 0 saturated carbocycles. The minimum atomic E-state index is -4.26. The van der Waals surface area contributed by atoms with Crippen molar-refractivity contribution in [2.75, 3.05) is 0 Å². The zero-order valence-electron chi connectivity index (χ0n) is 18.5. The van der Waals surface area contributed by atoms with Crippen molar-refractivity contribution in [3.8, 4) is 0 Å². The van der Waals surface area contributed by atoms with E-state index in [1.54, 1.807) is 49.4 Å². The minimum Gasteiger partial charge on any atom is -0.459 e. The summed E-state index contributed by atoms with van der Waals surface area (Å²) in [4.78, 5) is 23.4. The van der Waals surface area contributed by atoms with Crippen molar-refractivity contribution in [1.82, 2.24) is 4.72 Å². The Labute approximate surface area is 197 Å². The van der Waals surface area contributed by atoms with Crippen molar-refractivity contribution >= 4 is 21.7 Å². The van der Waals surface area contributed by atoms with Gasteiger partial charge in [-0.1, -0.05) is 48.0 Å². The van der Waals surface area contributed by atoms with E-state index in [0.29, 0.717) is 5.56 Å². The van der Waals surface area contributed by atoms with E-state index in [1.807, 2.05) is 0 Å². The second-order valence-corrected chi connectivity index (χ2v) is 9.62.